The number of anilines is 9. The molecule has 4 nitrogen and oxygen atoms in total. The normalized spacial score (nSPS) is 14.8. The Labute approximate surface area is 320 Å². The van der Waals surface area contributed by atoms with E-state index in [0.717, 1.165) is 11.5 Å². The fourth-order valence-electron chi connectivity index (χ4n) is 11.2. The van der Waals surface area contributed by atoms with Crippen molar-refractivity contribution in [3.05, 3.63) is 170 Å². The number of nitrogens with zero attached hydrogens (tertiary/aromatic N) is 3. The van der Waals surface area contributed by atoms with Crippen molar-refractivity contribution in [1.82, 2.24) is 0 Å². The monoisotopic (exact) mass is 695 g/mol. The second-order valence-corrected chi connectivity index (χ2v) is 15.5. The van der Waals surface area contributed by atoms with Crippen molar-refractivity contribution in [2.24, 2.45) is 0 Å². The molecule has 0 atom stereocenters. The SMILES string of the molecule is c1ccc(N2c3ccccc3B3c4ccc5c6c4N4c7c(ccc2c73)B2c3ccccc3N(c3ccccc3)c3ccc(c4c32)B6c2ccccc2O5)cc1. The molecule has 0 bridgehead atoms. The number of fused-ring (bicyclic) bond motifs is 9. The smallest absolute Gasteiger partial charge is 0.256 e. The van der Waals surface area contributed by atoms with Crippen LogP contribution >= 0.6 is 0 Å². The van der Waals surface area contributed by atoms with Crippen molar-refractivity contribution in [2.75, 3.05) is 14.7 Å². The first-order valence-electron chi connectivity index (χ1n) is 19.3. The van der Waals surface area contributed by atoms with Crippen LogP contribution in [0.15, 0.2) is 170 Å². The standard InChI is InChI=1S/C48H28B3N3O/c1-3-13-29(14-4-1)52-37-20-10-7-17-31(37)49-34-23-26-39-43-46(34)54-47-35(24-27-40(52)44(47)49)51-33-19-9-12-22-41(33)55-42-28-25-36(48(54)45(42)51)50(43)32-18-8-11-21-38(32)53(39)30-15-5-2-6-16-30/h1-28H. The maximum absolute atomic E-state index is 6.85. The summed E-state index contributed by atoms with van der Waals surface area (Å²) >= 11 is 0. The quantitative estimate of drug-likeness (QED) is 0.228. The molecule has 0 N–H and O–H groups in total. The minimum Gasteiger partial charge on any atom is -0.458 e. The van der Waals surface area contributed by atoms with Crippen LogP contribution in [0.1, 0.15) is 0 Å². The highest BCUT2D eigenvalue weighted by Crippen LogP contribution is 2.49. The number of hydrogen-bond donors (Lipinski definition) is 0. The van der Waals surface area contributed by atoms with Crippen LogP contribution < -0.4 is 68.6 Å². The Bertz CT molecular complexity index is 2970. The van der Waals surface area contributed by atoms with E-state index >= 15 is 0 Å². The van der Waals surface area contributed by atoms with E-state index in [2.05, 4.69) is 185 Å². The predicted octanol–water partition coefficient (Wildman–Crippen LogP) is 5.32. The summed E-state index contributed by atoms with van der Waals surface area (Å²) in [6.07, 6.45) is 0. The van der Waals surface area contributed by atoms with Crippen LogP contribution in [0.25, 0.3) is 0 Å². The molecule has 250 valence electrons. The van der Waals surface area contributed by atoms with Crippen LogP contribution in [-0.2, 0) is 0 Å². The third-order valence-electron chi connectivity index (χ3n) is 13.1. The van der Waals surface area contributed by atoms with E-state index in [-0.39, 0.29) is 20.1 Å². The molecule has 0 fully saturated rings. The highest BCUT2D eigenvalue weighted by Gasteiger charge is 2.55. The summed E-state index contributed by atoms with van der Waals surface area (Å²) in [6.45, 7) is 0.156. The van der Waals surface area contributed by atoms with Crippen molar-refractivity contribution >= 4 is 120 Å². The van der Waals surface area contributed by atoms with Gasteiger partial charge in [0.15, 0.2) is 0 Å². The Balaban J connectivity index is 1.16. The van der Waals surface area contributed by atoms with Crippen LogP contribution in [0.2, 0.25) is 0 Å². The minimum atomic E-state index is 0.0420. The molecule has 0 amide bonds. The van der Waals surface area contributed by atoms with E-state index in [4.69, 9.17) is 4.74 Å². The first-order chi connectivity index (χ1) is 27.3. The number of rotatable bonds is 2. The largest absolute Gasteiger partial charge is 0.458 e. The zero-order valence-electron chi connectivity index (χ0n) is 29.6. The molecule has 0 saturated carbocycles. The fraction of sp³-hybridized carbons (Fsp3) is 0. The van der Waals surface area contributed by atoms with E-state index in [1.165, 1.54) is 100 Å². The zero-order chi connectivity index (χ0) is 35.5. The van der Waals surface area contributed by atoms with Crippen LogP contribution in [0.5, 0.6) is 11.5 Å². The summed E-state index contributed by atoms with van der Waals surface area (Å²) in [6, 6.07) is 63.0. The summed E-state index contributed by atoms with van der Waals surface area (Å²) in [7, 11) is 0. The lowest BCUT2D eigenvalue weighted by Crippen LogP contribution is -2.73. The van der Waals surface area contributed by atoms with Crippen LogP contribution in [0.4, 0.5) is 51.2 Å². The predicted molar refractivity (Wildman–Crippen MR) is 231 cm³/mol. The van der Waals surface area contributed by atoms with E-state index in [1.807, 2.05) is 0 Å². The van der Waals surface area contributed by atoms with E-state index in [0.29, 0.717) is 0 Å². The van der Waals surface area contributed by atoms with E-state index in [9.17, 15) is 0 Å². The second-order valence-electron chi connectivity index (χ2n) is 15.5. The third-order valence-corrected chi connectivity index (χ3v) is 13.1. The van der Waals surface area contributed by atoms with Gasteiger partial charge in [0, 0.05) is 51.2 Å². The van der Waals surface area contributed by atoms with Gasteiger partial charge in [-0.05, 0) is 110 Å². The summed E-state index contributed by atoms with van der Waals surface area (Å²) < 4.78 is 6.85. The number of benzene rings is 8. The van der Waals surface area contributed by atoms with Gasteiger partial charge in [-0.3, -0.25) is 0 Å². The van der Waals surface area contributed by atoms with Gasteiger partial charge in [0.05, 0.1) is 0 Å². The molecule has 6 heterocycles. The van der Waals surface area contributed by atoms with Crippen LogP contribution in [0, 0.1) is 0 Å². The van der Waals surface area contributed by atoms with Gasteiger partial charge in [0.25, 0.3) is 20.1 Å². The van der Waals surface area contributed by atoms with Crippen molar-refractivity contribution in [3.8, 4) is 11.5 Å². The molecular formula is C48H28B3N3O. The Morgan fingerprint density at radius 3 is 1.29 bits per heavy atom. The molecule has 0 spiro atoms. The summed E-state index contributed by atoms with van der Waals surface area (Å²) in [5, 5.41) is 0. The fourth-order valence-corrected chi connectivity index (χ4v) is 11.2. The Morgan fingerprint density at radius 2 is 0.727 bits per heavy atom. The van der Waals surface area contributed by atoms with Gasteiger partial charge in [0.1, 0.15) is 11.5 Å². The highest BCUT2D eigenvalue weighted by atomic mass is 16.5. The Kier molecular flexibility index (Phi) is 5.21. The first-order valence-corrected chi connectivity index (χ1v) is 19.3. The maximum Gasteiger partial charge on any atom is 0.256 e. The first kappa shape index (κ1) is 28.6. The molecule has 6 aliphatic heterocycles. The van der Waals surface area contributed by atoms with Crippen molar-refractivity contribution in [1.29, 1.82) is 0 Å². The topological polar surface area (TPSA) is 19.0 Å². The van der Waals surface area contributed by atoms with Gasteiger partial charge in [0.2, 0.25) is 0 Å². The van der Waals surface area contributed by atoms with Gasteiger partial charge in [-0.15, -0.1) is 0 Å². The molecule has 0 radical (unpaired) electrons. The number of hydrogen-bond acceptors (Lipinski definition) is 4. The highest BCUT2D eigenvalue weighted by molar-refractivity contribution is 7.08. The van der Waals surface area contributed by atoms with E-state index in [1.54, 1.807) is 0 Å². The minimum absolute atomic E-state index is 0.0420. The van der Waals surface area contributed by atoms with Crippen molar-refractivity contribution in [2.45, 2.75) is 0 Å². The average molecular weight is 695 g/mol. The summed E-state index contributed by atoms with van der Waals surface area (Å²) in [5.74, 6) is 1.91. The number of para-hydroxylation sites is 5. The van der Waals surface area contributed by atoms with Crippen molar-refractivity contribution < 1.29 is 4.74 Å². The Morgan fingerprint density at radius 1 is 0.291 bits per heavy atom. The maximum atomic E-state index is 6.85. The molecule has 7 heteroatoms. The molecule has 8 aromatic rings. The second kappa shape index (κ2) is 10.0. The lowest BCUT2D eigenvalue weighted by atomic mass is 9.25. The van der Waals surface area contributed by atoms with Gasteiger partial charge in [-0.25, -0.2) is 0 Å². The van der Waals surface area contributed by atoms with Crippen LogP contribution in [0.3, 0.4) is 0 Å². The molecule has 8 aromatic carbocycles. The van der Waals surface area contributed by atoms with Gasteiger partial charge in [-0.1, -0.05) is 109 Å². The molecule has 0 aromatic heterocycles. The van der Waals surface area contributed by atoms with Gasteiger partial charge < -0.3 is 19.4 Å². The molecule has 55 heavy (non-hydrogen) atoms. The lowest BCUT2D eigenvalue weighted by molar-refractivity contribution is 0.487. The molecular weight excluding hydrogens is 667 g/mol. The molecule has 14 rings (SSSR count). The molecule has 0 saturated heterocycles. The summed E-state index contributed by atoms with van der Waals surface area (Å²) in [5.41, 5.74) is 23.3. The number of ether oxygens (including phenoxy) is 1. The molecule has 0 aliphatic carbocycles. The van der Waals surface area contributed by atoms with Gasteiger partial charge in [-0.2, -0.15) is 0 Å². The third kappa shape index (κ3) is 3.36. The van der Waals surface area contributed by atoms with Gasteiger partial charge >= 0.3 is 0 Å². The van der Waals surface area contributed by atoms with E-state index < -0.39 is 0 Å². The zero-order valence-corrected chi connectivity index (χ0v) is 29.6. The molecule has 0 unspecified atom stereocenters. The van der Waals surface area contributed by atoms with Crippen molar-refractivity contribution in [3.63, 3.8) is 0 Å². The lowest BCUT2D eigenvalue weighted by Gasteiger charge is -2.53. The molecule has 6 aliphatic rings. The van der Waals surface area contributed by atoms with Crippen LogP contribution in [-0.4, -0.2) is 20.1 Å². The Hall–Kier alpha value is -6.85. The summed E-state index contributed by atoms with van der Waals surface area (Å²) in [4.78, 5) is 7.68. The average Bonchev–Trinajstić information content (AvgIpc) is 3.25.